The Morgan fingerprint density at radius 1 is 1.08 bits per heavy atom. The Morgan fingerprint density at radius 2 is 1.71 bits per heavy atom. The van der Waals surface area contributed by atoms with Crippen molar-refractivity contribution in [3.8, 4) is 0 Å². The third kappa shape index (κ3) is 10.0. The summed E-state index contributed by atoms with van der Waals surface area (Å²) in [6.07, 6.45) is 6.76. The molecule has 1 atom stereocenters. The first-order chi connectivity index (χ1) is 11.2. The van der Waals surface area contributed by atoms with Gasteiger partial charge in [0.1, 0.15) is 0 Å². The molecule has 0 saturated carbocycles. The molecule has 2 N–H and O–H groups in total. The van der Waals surface area contributed by atoms with E-state index in [-0.39, 0.29) is 24.0 Å². The first-order valence-corrected chi connectivity index (χ1v) is 9.62. The Bertz CT molecular complexity index is 313. The first kappa shape index (κ1) is 23.9. The van der Waals surface area contributed by atoms with Crippen molar-refractivity contribution in [3.63, 3.8) is 0 Å². The smallest absolute Gasteiger partial charge is 0.191 e. The summed E-state index contributed by atoms with van der Waals surface area (Å²) in [6.45, 7) is 14.6. The summed E-state index contributed by atoms with van der Waals surface area (Å²) in [7, 11) is 1.85. The van der Waals surface area contributed by atoms with Gasteiger partial charge < -0.3 is 15.5 Å². The van der Waals surface area contributed by atoms with E-state index in [0.717, 1.165) is 32.1 Å². The molecule has 1 aliphatic rings. The number of hydrogen-bond donors (Lipinski definition) is 2. The molecule has 1 heterocycles. The summed E-state index contributed by atoms with van der Waals surface area (Å²) < 4.78 is 0. The summed E-state index contributed by atoms with van der Waals surface area (Å²) >= 11 is 0. The molecular weight excluding hydrogens is 413 g/mol. The van der Waals surface area contributed by atoms with Gasteiger partial charge in [-0.1, -0.05) is 26.7 Å². The van der Waals surface area contributed by atoms with Crippen molar-refractivity contribution in [1.82, 2.24) is 20.4 Å². The topological polar surface area (TPSA) is 42.9 Å². The highest BCUT2D eigenvalue weighted by molar-refractivity contribution is 14.0. The summed E-state index contributed by atoms with van der Waals surface area (Å²) in [5.41, 5.74) is 0. The summed E-state index contributed by atoms with van der Waals surface area (Å²) in [5.74, 6) is 0.930. The molecule has 0 spiro atoms. The second kappa shape index (κ2) is 15.2. The zero-order valence-corrected chi connectivity index (χ0v) is 18.6. The number of likely N-dealkylation sites (N-methyl/N-ethyl adjacent to an activating group) is 1. The zero-order valence-electron chi connectivity index (χ0n) is 16.3. The molecule has 5 nitrogen and oxygen atoms in total. The van der Waals surface area contributed by atoms with Gasteiger partial charge in [-0.3, -0.25) is 9.89 Å². The van der Waals surface area contributed by atoms with Gasteiger partial charge in [0, 0.05) is 26.2 Å². The van der Waals surface area contributed by atoms with Crippen LogP contribution in [-0.2, 0) is 0 Å². The maximum absolute atomic E-state index is 4.33. The molecule has 0 amide bonds. The van der Waals surface area contributed by atoms with Crippen molar-refractivity contribution >= 4 is 29.9 Å². The summed E-state index contributed by atoms with van der Waals surface area (Å²) in [6, 6.07) is 0.528. The van der Waals surface area contributed by atoms with Crippen molar-refractivity contribution in [2.75, 3.05) is 52.9 Å². The lowest BCUT2D eigenvalue weighted by Gasteiger charge is -2.27. The quantitative estimate of drug-likeness (QED) is 0.244. The fourth-order valence-corrected chi connectivity index (χ4v) is 3.31. The molecule has 1 fully saturated rings. The molecule has 6 heteroatoms. The van der Waals surface area contributed by atoms with Crippen LogP contribution in [0.25, 0.3) is 0 Å². The molecule has 0 aromatic heterocycles. The number of likely N-dealkylation sites (tertiary alicyclic amines) is 1. The van der Waals surface area contributed by atoms with Gasteiger partial charge in [-0.05, 0) is 58.9 Å². The minimum Gasteiger partial charge on any atom is -0.356 e. The number of nitrogens with one attached hydrogen (secondary N) is 2. The fourth-order valence-electron chi connectivity index (χ4n) is 3.31. The first-order valence-electron chi connectivity index (χ1n) is 9.62. The van der Waals surface area contributed by atoms with Gasteiger partial charge in [-0.25, -0.2) is 0 Å². The third-order valence-corrected chi connectivity index (χ3v) is 4.87. The number of rotatable bonds is 9. The molecule has 24 heavy (non-hydrogen) atoms. The molecule has 1 unspecified atom stereocenters. The minimum atomic E-state index is 0. The maximum atomic E-state index is 4.33. The molecule has 0 radical (unpaired) electrons. The lowest BCUT2D eigenvalue weighted by atomic mass is 10.2. The van der Waals surface area contributed by atoms with Crippen LogP contribution in [0.1, 0.15) is 52.9 Å². The van der Waals surface area contributed by atoms with Crippen molar-refractivity contribution in [1.29, 1.82) is 0 Å². The molecule has 0 aromatic carbocycles. The van der Waals surface area contributed by atoms with Crippen LogP contribution in [0.4, 0.5) is 0 Å². The van der Waals surface area contributed by atoms with Crippen LogP contribution in [-0.4, -0.2) is 74.7 Å². The molecule has 0 bridgehead atoms. The van der Waals surface area contributed by atoms with E-state index >= 15 is 0 Å². The lowest BCUT2D eigenvalue weighted by molar-refractivity contribution is 0.231. The average molecular weight is 453 g/mol. The number of aliphatic imine (C=N–C) groups is 1. The Morgan fingerprint density at radius 3 is 2.25 bits per heavy atom. The molecular formula is C18H40IN5. The number of halogens is 1. The largest absolute Gasteiger partial charge is 0.356 e. The van der Waals surface area contributed by atoms with Crippen molar-refractivity contribution in [3.05, 3.63) is 0 Å². The Labute approximate surface area is 167 Å². The highest BCUT2D eigenvalue weighted by Gasteiger charge is 2.11. The van der Waals surface area contributed by atoms with Gasteiger partial charge in [0.05, 0.1) is 0 Å². The Balaban J connectivity index is 0.00000529. The normalized spacial score (nSPS) is 18.0. The highest BCUT2D eigenvalue weighted by atomic mass is 127. The van der Waals surface area contributed by atoms with Crippen LogP contribution in [0, 0.1) is 0 Å². The van der Waals surface area contributed by atoms with Gasteiger partial charge in [-0.2, -0.15) is 0 Å². The van der Waals surface area contributed by atoms with Crippen LogP contribution in [0.15, 0.2) is 4.99 Å². The summed E-state index contributed by atoms with van der Waals surface area (Å²) in [5, 5.41) is 6.90. The number of guanidine groups is 1. The Kier molecular flexibility index (Phi) is 15.1. The van der Waals surface area contributed by atoms with E-state index in [0.29, 0.717) is 6.04 Å². The van der Waals surface area contributed by atoms with Gasteiger partial charge >= 0.3 is 0 Å². The van der Waals surface area contributed by atoms with Crippen molar-refractivity contribution < 1.29 is 0 Å². The van der Waals surface area contributed by atoms with Crippen LogP contribution in [0.5, 0.6) is 0 Å². The average Bonchev–Trinajstić information content (AvgIpc) is 2.84. The predicted molar refractivity (Wildman–Crippen MR) is 117 cm³/mol. The van der Waals surface area contributed by atoms with Crippen LogP contribution in [0.3, 0.4) is 0 Å². The van der Waals surface area contributed by atoms with Crippen molar-refractivity contribution in [2.45, 2.75) is 58.9 Å². The molecule has 1 aliphatic heterocycles. The molecule has 0 aromatic rings. The standard InChI is InChI=1S/C18H39N5.HI/c1-5-23(6-2)17(3)16-21-18(19-4)20-12-11-15-22-13-9-7-8-10-14-22;/h17H,5-16H2,1-4H3,(H2,19,20,21);1H. The van der Waals surface area contributed by atoms with E-state index in [4.69, 9.17) is 0 Å². The van der Waals surface area contributed by atoms with Crippen LogP contribution >= 0.6 is 24.0 Å². The van der Waals surface area contributed by atoms with Gasteiger partial charge in [0.2, 0.25) is 0 Å². The SMILES string of the molecule is CCN(CC)C(C)CNC(=NC)NCCCN1CCCCCC1.I. The van der Waals surface area contributed by atoms with E-state index in [9.17, 15) is 0 Å². The maximum Gasteiger partial charge on any atom is 0.191 e. The Hall–Kier alpha value is -0.0800. The monoisotopic (exact) mass is 453 g/mol. The van der Waals surface area contributed by atoms with Gasteiger partial charge in [0.25, 0.3) is 0 Å². The van der Waals surface area contributed by atoms with E-state index in [1.807, 2.05) is 7.05 Å². The lowest BCUT2D eigenvalue weighted by Crippen LogP contribution is -2.46. The fraction of sp³-hybridized carbons (Fsp3) is 0.944. The van der Waals surface area contributed by atoms with Gasteiger partial charge in [-0.15, -0.1) is 24.0 Å². The van der Waals surface area contributed by atoms with Crippen molar-refractivity contribution in [2.24, 2.45) is 4.99 Å². The zero-order chi connectivity index (χ0) is 16.9. The highest BCUT2D eigenvalue weighted by Crippen LogP contribution is 2.09. The van der Waals surface area contributed by atoms with E-state index in [2.05, 4.69) is 46.2 Å². The third-order valence-electron chi connectivity index (χ3n) is 4.87. The number of hydrogen-bond acceptors (Lipinski definition) is 3. The summed E-state index contributed by atoms with van der Waals surface area (Å²) in [4.78, 5) is 9.41. The van der Waals surface area contributed by atoms with E-state index in [1.165, 1.54) is 51.7 Å². The number of nitrogens with zero attached hydrogens (tertiary/aromatic N) is 3. The van der Waals surface area contributed by atoms with E-state index < -0.39 is 0 Å². The minimum absolute atomic E-state index is 0. The predicted octanol–water partition coefficient (Wildman–Crippen LogP) is 2.77. The van der Waals surface area contributed by atoms with Crippen LogP contribution < -0.4 is 10.6 Å². The van der Waals surface area contributed by atoms with Crippen LogP contribution in [0.2, 0.25) is 0 Å². The molecule has 0 aliphatic carbocycles. The molecule has 1 saturated heterocycles. The van der Waals surface area contributed by atoms with Gasteiger partial charge in [0.15, 0.2) is 5.96 Å². The second-order valence-electron chi connectivity index (χ2n) is 6.56. The second-order valence-corrected chi connectivity index (χ2v) is 6.56. The molecule has 144 valence electrons. The van der Waals surface area contributed by atoms with E-state index in [1.54, 1.807) is 0 Å². The molecule has 1 rings (SSSR count).